The summed E-state index contributed by atoms with van der Waals surface area (Å²) in [4.78, 5) is 43.3. The summed E-state index contributed by atoms with van der Waals surface area (Å²) < 4.78 is 4.43. The zero-order valence-electron chi connectivity index (χ0n) is 35.3. The number of fused-ring (bicyclic) bond motifs is 1. The molecule has 0 spiro atoms. The molecule has 0 aromatic heterocycles. The first-order chi connectivity index (χ1) is 24.2. The molecule has 0 aliphatic carbocycles. The largest absolute Gasteiger partial charge is 1.00 e. The number of esters is 2. The molecule has 0 fully saturated rings. The number of benzene rings is 4. The van der Waals surface area contributed by atoms with Gasteiger partial charge in [0.1, 0.15) is 0 Å². The van der Waals surface area contributed by atoms with E-state index in [0.717, 1.165) is 27.8 Å². The van der Waals surface area contributed by atoms with Crippen LogP contribution in [0.2, 0.25) is 0 Å². The van der Waals surface area contributed by atoms with E-state index in [0.29, 0.717) is 22.3 Å². The maximum absolute atomic E-state index is 11.1. The first kappa shape index (κ1) is 58.2. The van der Waals surface area contributed by atoms with Crippen molar-refractivity contribution in [3.63, 3.8) is 0 Å². The molecule has 5 rings (SSSR count). The van der Waals surface area contributed by atoms with Crippen LogP contribution in [0.5, 0.6) is 0 Å². The molecule has 1 aliphatic heterocycles. The molecule has 3 N–H and O–H groups in total. The first-order valence-electron chi connectivity index (χ1n) is 17.6. The Balaban J connectivity index is -0.000000180. The second-order valence-electron chi connectivity index (χ2n) is 10.3. The summed E-state index contributed by atoms with van der Waals surface area (Å²) >= 11 is 0. The monoisotopic (exact) mass is 742 g/mol. The molecule has 9 heteroatoms. The number of carbonyl (C=O) groups is 4. The van der Waals surface area contributed by atoms with E-state index in [4.69, 9.17) is 10.2 Å². The Kier molecular flexibility index (Phi) is 35.8. The average molecular weight is 743 g/mol. The van der Waals surface area contributed by atoms with Gasteiger partial charge >= 0.3 is 53.4 Å². The summed E-state index contributed by atoms with van der Waals surface area (Å²) in [5.41, 5.74) is 10.1. The van der Waals surface area contributed by atoms with Gasteiger partial charge in [-0.05, 0) is 112 Å². The Morgan fingerprint density at radius 2 is 0.811 bits per heavy atom. The Hall–Kier alpha value is -4.08. The molecule has 0 bridgehead atoms. The van der Waals surface area contributed by atoms with E-state index in [1.807, 2.05) is 81.4 Å². The number of rotatable bonds is 2. The molecule has 0 atom stereocenters. The van der Waals surface area contributed by atoms with Crippen LogP contribution in [0.3, 0.4) is 0 Å². The van der Waals surface area contributed by atoms with E-state index >= 15 is 0 Å². The van der Waals surface area contributed by atoms with Gasteiger partial charge in [0.15, 0.2) is 0 Å². The first-order valence-corrected chi connectivity index (χ1v) is 17.6. The topological polar surface area (TPSA) is 148 Å². The molecule has 0 radical (unpaired) electrons. The second-order valence-corrected chi connectivity index (χ2v) is 10.3. The van der Waals surface area contributed by atoms with Gasteiger partial charge in [0.2, 0.25) is 0 Å². The van der Waals surface area contributed by atoms with Crippen molar-refractivity contribution in [2.45, 2.75) is 111 Å². The van der Waals surface area contributed by atoms with Crippen molar-refractivity contribution in [3.8, 4) is 0 Å². The number of hydrogen-bond donors (Lipinski definition) is 2. The number of ether oxygens (including phenoxy) is 1. The van der Waals surface area contributed by atoms with Crippen LogP contribution >= 0.6 is 0 Å². The van der Waals surface area contributed by atoms with Crippen molar-refractivity contribution < 1.29 is 69.2 Å². The molecule has 8 nitrogen and oxygen atoms in total. The fourth-order valence-electron chi connectivity index (χ4n) is 4.33. The van der Waals surface area contributed by atoms with Gasteiger partial charge in [-0.2, -0.15) is 0 Å². The molecule has 288 valence electrons. The molecular formula is C44H63NaO8. The third-order valence-electron chi connectivity index (χ3n) is 7.29. The van der Waals surface area contributed by atoms with Gasteiger partial charge in [0.25, 0.3) is 0 Å². The minimum absolute atomic E-state index is 0. The van der Waals surface area contributed by atoms with Crippen LogP contribution < -0.4 is 29.6 Å². The Labute approximate surface area is 341 Å². The van der Waals surface area contributed by atoms with Crippen LogP contribution in [0, 0.1) is 55.4 Å². The molecule has 0 amide bonds. The smallest absolute Gasteiger partial charge is 0.870 e. The van der Waals surface area contributed by atoms with Gasteiger partial charge in [-0.15, -0.1) is 0 Å². The number of cyclic esters (lactones) is 2. The van der Waals surface area contributed by atoms with Crippen molar-refractivity contribution in [2.75, 3.05) is 0 Å². The molecular weight excluding hydrogens is 679 g/mol. The zero-order chi connectivity index (χ0) is 40.4. The van der Waals surface area contributed by atoms with Gasteiger partial charge in [0, 0.05) is 0 Å². The quantitative estimate of drug-likeness (QED) is 0.118. The van der Waals surface area contributed by atoms with E-state index in [1.54, 1.807) is 63.2 Å². The molecule has 4 aromatic rings. The standard InChI is InChI=1S/C9H6O3.2C9H10O2.C9H12.4C2H6.Na.H2O/c1-5-3-2-4-6-7(5)9(11)12-8(6)10;1-6-4-3-5-8(7(6)2)9(10)11;1-6-4-3-5-7(2)8(6)9(10)11;1-7-5-4-6-8(2)9(7)3;4*1-2;;/h2-4H,1H3;2*3-5H,1-2H3,(H,10,11);4-6H,1-3H3;4*1-2H3;;1H2/q;;;;;;;;+1;/p-1. The molecule has 0 unspecified atom stereocenters. The van der Waals surface area contributed by atoms with Gasteiger partial charge in [-0.25, -0.2) is 19.2 Å². The molecule has 1 aliphatic rings. The van der Waals surface area contributed by atoms with Gasteiger partial charge in [0.05, 0.1) is 22.3 Å². The van der Waals surface area contributed by atoms with E-state index in [9.17, 15) is 19.2 Å². The summed E-state index contributed by atoms with van der Waals surface area (Å²) in [6.45, 7) is 31.5. The van der Waals surface area contributed by atoms with Crippen LogP contribution in [-0.2, 0) is 4.74 Å². The fraction of sp³-hybridized carbons (Fsp3) is 0.364. The summed E-state index contributed by atoms with van der Waals surface area (Å²) in [6, 6.07) is 22.2. The number of aryl methyl sites for hydroxylation is 6. The van der Waals surface area contributed by atoms with E-state index in [1.165, 1.54) is 16.7 Å². The van der Waals surface area contributed by atoms with Crippen molar-refractivity contribution in [1.82, 2.24) is 0 Å². The van der Waals surface area contributed by atoms with E-state index in [2.05, 4.69) is 43.7 Å². The van der Waals surface area contributed by atoms with Crippen molar-refractivity contribution in [1.29, 1.82) is 0 Å². The average Bonchev–Trinajstić information content (AvgIpc) is 3.42. The van der Waals surface area contributed by atoms with Crippen LogP contribution in [0.4, 0.5) is 0 Å². The molecule has 53 heavy (non-hydrogen) atoms. The van der Waals surface area contributed by atoms with E-state index in [-0.39, 0.29) is 35.0 Å². The van der Waals surface area contributed by atoms with Gasteiger partial charge in [-0.1, -0.05) is 116 Å². The van der Waals surface area contributed by atoms with Gasteiger partial charge < -0.3 is 20.4 Å². The summed E-state index contributed by atoms with van der Waals surface area (Å²) in [5.74, 6) is -2.78. The predicted octanol–water partition coefficient (Wildman–Crippen LogP) is 8.85. The number of carboxylic acids is 2. The minimum Gasteiger partial charge on any atom is -0.870 e. The summed E-state index contributed by atoms with van der Waals surface area (Å²) in [5, 5.41) is 17.4. The van der Waals surface area contributed by atoms with Crippen LogP contribution in [-0.4, -0.2) is 39.6 Å². The minimum atomic E-state index is -0.855. The molecule has 0 saturated carbocycles. The molecule has 0 saturated heterocycles. The van der Waals surface area contributed by atoms with Gasteiger partial charge in [-0.3, -0.25) is 0 Å². The van der Waals surface area contributed by atoms with Crippen molar-refractivity contribution in [2.24, 2.45) is 0 Å². The Morgan fingerprint density at radius 3 is 1.13 bits per heavy atom. The van der Waals surface area contributed by atoms with Crippen LogP contribution in [0.1, 0.15) is 141 Å². The second kappa shape index (κ2) is 32.6. The van der Waals surface area contributed by atoms with E-state index < -0.39 is 23.9 Å². The number of carbonyl (C=O) groups excluding carboxylic acids is 2. The zero-order valence-corrected chi connectivity index (χ0v) is 37.3. The van der Waals surface area contributed by atoms with Crippen LogP contribution in [0.25, 0.3) is 0 Å². The van der Waals surface area contributed by atoms with Crippen molar-refractivity contribution in [3.05, 3.63) is 140 Å². The molecule has 1 heterocycles. The third-order valence-corrected chi connectivity index (χ3v) is 7.29. The Bertz CT molecular complexity index is 1640. The van der Waals surface area contributed by atoms with Crippen molar-refractivity contribution >= 4 is 23.9 Å². The summed E-state index contributed by atoms with van der Waals surface area (Å²) in [6.07, 6.45) is 0. The predicted molar refractivity (Wildman–Crippen MR) is 215 cm³/mol. The maximum atomic E-state index is 11.1. The maximum Gasteiger partial charge on any atom is 1.00 e. The Morgan fingerprint density at radius 1 is 0.472 bits per heavy atom. The van der Waals surface area contributed by atoms with Crippen LogP contribution in [0.15, 0.2) is 72.8 Å². The molecule has 4 aromatic carbocycles. The third kappa shape index (κ3) is 19.5. The number of carboxylic acid groups (broad SMARTS) is 2. The number of hydrogen-bond acceptors (Lipinski definition) is 6. The summed E-state index contributed by atoms with van der Waals surface area (Å²) in [7, 11) is 0. The SMILES string of the molecule is CC.CC.CC.CC.Cc1cccc(C(=O)O)c1C.Cc1cccc(C)c1C.Cc1cccc(C)c1C(=O)O.Cc1cccc2c1C(=O)OC2=O.[Na+].[OH-]. The normalized spacial score (nSPS) is 9.36. The number of aromatic carboxylic acids is 2. The fourth-order valence-corrected chi connectivity index (χ4v) is 4.33.